The van der Waals surface area contributed by atoms with Crippen LogP contribution < -0.4 is 10.6 Å². The van der Waals surface area contributed by atoms with Crippen molar-refractivity contribution in [2.75, 3.05) is 6.54 Å². The molecule has 0 saturated heterocycles. The first-order valence-corrected chi connectivity index (χ1v) is 6.25. The van der Waals surface area contributed by atoms with E-state index in [1.807, 2.05) is 0 Å². The summed E-state index contributed by atoms with van der Waals surface area (Å²) in [7, 11) is 0. The van der Waals surface area contributed by atoms with Gasteiger partial charge in [-0.2, -0.15) is 0 Å². The Bertz CT molecular complexity index is 515. The van der Waals surface area contributed by atoms with Crippen LogP contribution in [-0.4, -0.2) is 29.7 Å². The van der Waals surface area contributed by atoms with Gasteiger partial charge in [-0.15, -0.1) is 6.58 Å². The molecular formula is C14H16F2N2O3. The molecule has 1 unspecified atom stereocenters. The third-order valence-electron chi connectivity index (χ3n) is 2.63. The van der Waals surface area contributed by atoms with Gasteiger partial charge in [0.25, 0.3) is 0 Å². The Labute approximate surface area is 120 Å². The summed E-state index contributed by atoms with van der Waals surface area (Å²) in [4.78, 5) is 22.3. The maximum Gasteiger partial charge on any atom is 0.326 e. The van der Waals surface area contributed by atoms with Crippen molar-refractivity contribution in [1.29, 1.82) is 0 Å². The number of rotatable bonds is 7. The quantitative estimate of drug-likeness (QED) is 0.672. The molecule has 0 aliphatic carbocycles. The van der Waals surface area contributed by atoms with E-state index in [0.717, 1.165) is 6.07 Å². The Morgan fingerprint density at radius 2 is 1.90 bits per heavy atom. The summed E-state index contributed by atoms with van der Waals surface area (Å²) in [6.07, 6.45) is 1.70. The van der Waals surface area contributed by atoms with E-state index in [2.05, 4.69) is 17.2 Å². The van der Waals surface area contributed by atoms with Crippen LogP contribution >= 0.6 is 0 Å². The lowest BCUT2D eigenvalue weighted by molar-refractivity contribution is -0.139. The highest BCUT2D eigenvalue weighted by molar-refractivity contribution is 5.82. The van der Waals surface area contributed by atoms with Crippen LogP contribution in [0.1, 0.15) is 12.0 Å². The summed E-state index contributed by atoms with van der Waals surface area (Å²) in [5.74, 6) is -2.55. The highest BCUT2D eigenvalue weighted by atomic mass is 19.1. The van der Waals surface area contributed by atoms with Crippen molar-refractivity contribution in [1.82, 2.24) is 10.6 Å². The molecule has 2 amide bonds. The van der Waals surface area contributed by atoms with Crippen molar-refractivity contribution < 1.29 is 23.5 Å². The van der Waals surface area contributed by atoms with Crippen molar-refractivity contribution in [2.24, 2.45) is 0 Å². The number of carboxylic acids is 1. The number of carbonyl (C=O) groups is 2. The molecule has 0 spiro atoms. The van der Waals surface area contributed by atoms with E-state index in [0.29, 0.717) is 5.56 Å². The Morgan fingerprint density at radius 3 is 2.43 bits per heavy atom. The number of urea groups is 1. The highest BCUT2D eigenvalue weighted by Crippen LogP contribution is 2.08. The van der Waals surface area contributed by atoms with Crippen LogP contribution in [-0.2, 0) is 11.2 Å². The number of carboxylic acid groups (broad SMARTS) is 1. The molecule has 5 nitrogen and oxygen atoms in total. The topological polar surface area (TPSA) is 78.4 Å². The molecule has 7 heteroatoms. The average Bonchev–Trinajstić information content (AvgIpc) is 2.36. The molecule has 0 fully saturated rings. The minimum Gasteiger partial charge on any atom is -0.480 e. The summed E-state index contributed by atoms with van der Waals surface area (Å²) in [6, 6.07) is 1.37. The van der Waals surface area contributed by atoms with Gasteiger partial charge in [-0.25, -0.2) is 18.4 Å². The number of carbonyl (C=O) groups excluding carboxylic acids is 1. The van der Waals surface area contributed by atoms with Crippen molar-refractivity contribution in [3.63, 3.8) is 0 Å². The van der Waals surface area contributed by atoms with Gasteiger partial charge in [-0.05, 0) is 30.5 Å². The molecule has 1 aromatic carbocycles. The molecule has 0 heterocycles. The van der Waals surface area contributed by atoms with E-state index in [1.54, 1.807) is 0 Å². The van der Waals surface area contributed by atoms with E-state index < -0.39 is 29.7 Å². The number of nitrogens with one attached hydrogen (secondary N) is 2. The molecule has 1 atom stereocenters. The first kappa shape index (κ1) is 16.6. The Balaban J connectivity index is 2.42. The Morgan fingerprint density at radius 1 is 1.29 bits per heavy atom. The first-order chi connectivity index (χ1) is 9.92. The van der Waals surface area contributed by atoms with E-state index in [1.165, 1.54) is 18.2 Å². The molecule has 1 rings (SSSR count). The SMILES string of the molecule is C=CCC(NC(=O)NCCc1cc(F)cc(F)c1)C(=O)O. The van der Waals surface area contributed by atoms with Crippen molar-refractivity contribution in [2.45, 2.75) is 18.9 Å². The van der Waals surface area contributed by atoms with Crippen LogP contribution in [0.15, 0.2) is 30.9 Å². The van der Waals surface area contributed by atoms with Crippen LogP contribution in [0.5, 0.6) is 0 Å². The largest absolute Gasteiger partial charge is 0.480 e. The van der Waals surface area contributed by atoms with Gasteiger partial charge in [0.05, 0.1) is 0 Å². The van der Waals surface area contributed by atoms with E-state index in [4.69, 9.17) is 5.11 Å². The average molecular weight is 298 g/mol. The van der Waals surface area contributed by atoms with Gasteiger partial charge < -0.3 is 15.7 Å². The Kier molecular flexibility index (Phi) is 6.32. The number of halogens is 2. The summed E-state index contributed by atoms with van der Waals surface area (Å²) >= 11 is 0. The normalized spacial score (nSPS) is 11.5. The van der Waals surface area contributed by atoms with Crippen LogP contribution in [0.4, 0.5) is 13.6 Å². The summed E-state index contributed by atoms with van der Waals surface area (Å²) in [6.45, 7) is 3.52. The zero-order valence-electron chi connectivity index (χ0n) is 11.2. The second-order valence-corrected chi connectivity index (χ2v) is 4.34. The zero-order valence-corrected chi connectivity index (χ0v) is 11.2. The Hall–Kier alpha value is -2.44. The van der Waals surface area contributed by atoms with Crippen molar-refractivity contribution in [3.05, 3.63) is 48.1 Å². The number of aliphatic carboxylic acids is 1. The molecule has 0 aliphatic rings. The van der Waals surface area contributed by atoms with Gasteiger partial charge in [0, 0.05) is 12.6 Å². The summed E-state index contributed by atoms with van der Waals surface area (Å²) in [5, 5.41) is 13.5. The molecule has 0 aliphatic heterocycles. The third-order valence-corrected chi connectivity index (χ3v) is 2.63. The number of hydrogen-bond acceptors (Lipinski definition) is 2. The molecule has 0 bridgehead atoms. The first-order valence-electron chi connectivity index (χ1n) is 6.25. The van der Waals surface area contributed by atoms with Crippen LogP contribution in [0.2, 0.25) is 0 Å². The maximum absolute atomic E-state index is 12.9. The molecule has 0 radical (unpaired) electrons. The lowest BCUT2D eigenvalue weighted by Gasteiger charge is -2.13. The van der Waals surface area contributed by atoms with Gasteiger partial charge in [-0.1, -0.05) is 6.08 Å². The van der Waals surface area contributed by atoms with Crippen LogP contribution in [0.25, 0.3) is 0 Å². The monoisotopic (exact) mass is 298 g/mol. The second-order valence-electron chi connectivity index (χ2n) is 4.34. The van der Waals surface area contributed by atoms with Crippen LogP contribution in [0.3, 0.4) is 0 Å². The molecule has 3 N–H and O–H groups in total. The molecule has 0 saturated carbocycles. The maximum atomic E-state index is 12.9. The van der Waals surface area contributed by atoms with Gasteiger partial charge in [0.15, 0.2) is 0 Å². The lowest BCUT2D eigenvalue weighted by atomic mass is 10.1. The standard InChI is InChI=1S/C14H16F2N2O3/c1-2-3-12(13(19)20)18-14(21)17-5-4-9-6-10(15)8-11(16)7-9/h2,6-8,12H,1,3-5H2,(H,19,20)(H2,17,18,21). The van der Waals surface area contributed by atoms with Crippen molar-refractivity contribution >= 4 is 12.0 Å². The smallest absolute Gasteiger partial charge is 0.326 e. The number of benzene rings is 1. The minimum atomic E-state index is -1.17. The molecular weight excluding hydrogens is 282 g/mol. The van der Waals surface area contributed by atoms with E-state index in [9.17, 15) is 18.4 Å². The number of amides is 2. The summed E-state index contributed by atoms with van der Waals surface area (Å²) < 4.78 is 25.9. The number of hydrogen-bond donors (Lipinski definition) is 3. The third kappa shape index (κ3) is 6.03. The zero-order chi connectivity index (χ0) is 15.8. The van der Waals surface area contributed by atoms with Gasteiger partial charge >= 0.3 is 12.0 Å². The predicted molar refractivity (Wildman–Crippen MR) is 72.8 cm³/mol. The molecule has 114 valence electrons. The van der Waals surface area contributed by atoms with Crippen molar-refractivity contribution in [3.8, 4) is 0 Å². The minimum absolute atomic E-state index is 0.0951. The van der Waals surface area contributed by atoms with E-state index in [-0.39, 0.29) is 19.4 Å². The second kappa shape index (κ2) is 7.98. The molecule has 0 aromatic heterocycles. The van der Waals surface area contributed by atoms with Gasteiger partial charge in [0.2, 0.25) is 0 Å². The lowest BCUT2D eigenvalue weighted by Crippen LogP contribution is -2.46. The van der Waals surface area contributed by atoms with Crippen LogP contribution in [0, 0.1) is 11.6 Å². The van der Waals surface area contributed by atoms with Gasteiger partial charge in [-0.3, -0.25) is 0 Å². The highest BCUT2D eigenvalue weighted by Gasteiger charge is 2.17. The summed E-state index contributed by atoms with van der Waals surface area (Å²) in [5.41, 5.74) is 0.397. The fourth-order valence-corrected chi connectivity index (χ4v) is 1.67. The molecule has 21 heavy (non-hydrogen) atoms. The van der Waals surface area contributed by atoms with Gasteiger partial charge in [0.1, 0.15) is 17.7 Å². The fourth-order valence-electron chi connectivity index (χ4n) is 1.67. The van der Waals surface area contributed by atoms with E-state index >= 15 is 0 Å². The predicted octanol–water partition coefficient (Wildman–Crippen LogP) is 1.84. The molecule has 1 aromatic rings. The fraction of sp³-hybridized carbons (Fsp3) is 0.286.